The SMILES string of the molecule is CSc1ccccc1NC(C)c1ccc(Br)cc1Cl. The fourth-order valence-corrected chi connectivity index (χ4v) is 3.33. The van der Waals surface area contributed by atoms with Gasteiger partial charge in [-0.15, -0.1) is 11.8 Å². The molecule has 0 heterocycles. The maximum Gasteiger partial charge on any atom is 0.0500 e. The first-order valence-electron chi connectivity index (χ1n) is 5.96. The molecule has 0 aliphatic rings. The molecule has 0 bridgehead atoms. The molecule has 1 N–H and O–H groups in total. The molecule has 1 atom stereocenters. The highest BCUT2D eigenvalue weighted by Gasteiger charge is 2.11. The van der Waals surface area contributed by atoms with Crippen LogP contribution in [0.5, 0.6) is 0 Å². The number of anilines is 1. The summed E-state index contributed by atoms with van der Waals surface area (Å²) in [6, 6.07) is 14.4. The zero-order valence-electron chi connectivity index (χ0n) is 10.8. The van der Waals surface area contributed by atoms with Gasteiger partial charge < -0.3 is 5.32 Å². The number of nitrogens with one attached hydrogen (secondary N) is 1. The fourth-order valence-electron chi connectivity index (χ4n) is 1.93. The van der Waals surface area contributed by atoms with Crippen LogP contribution in [0.4, 0.5) is 5.69 Å². The molecule has 4 heteroatoms. The van der Waals surface area contributed by atoms with Gasteiger partial charge in [0.15, 0.2) is 0 Å². The second kappa shape index (κ2) is 6.69. The number of para-hydroxylation sites is 1. The zero-order chi connectivity index (χ0) is 13.8. The first-order chi connectivity index (χ1) is 9.11. The normalized spacial score (nSPS) is 12.2. The van der Waals surface area contributed by atoms with E-state index in [4.69, 9.17) is 11.6 Å². The molecule has 0 spiro atoms. The van der Waals surface area contributed by atoms with Gasteiger partial charge in [-0.1, -0.05) is 45.7 Å². The highest BCUT2D eigenvalue weighted by molar-refractivity contribution is 9.10. The molecule has 19 heavy (non-hydrogen) atoms. The Labute approximate surface area is 131 Å². The van der Waals surface area contributed by atoms with Crippen molar-refractivity contribution in [3.05, 3.63) is 57.5 Å². The Balaban J connectivity index is 2.23. The van der Waals surface area contributed by atoms with Crippen molar-refractivity contribution in [2.75, 3.05) is 11.6 Å². The highest BCUT2D eigenvalue weighted by Crippen LogP contribution is 2.31. The molecule has 0 amide bonds. The van der Waals surface area contributed by atoms with Gasteiger partial charge in [-0.05, 0) is 43.0 Å². The average molecular weight is 357 g/mol. The van der Waals surface area contributed by atoms with Gasteiger partial charge in [0.25, 0.3) is 0 Å². The summed E-state index contributed by atoms with van der Waals surface area (Å²) in [7, 11) is 0. The lowest BCUT2D eigenvalue weighted by Crippen LogP contribution is -2.07. The Morgan fingerprint density at radius 2 is 1.95 bits per heavy atom. The van der Waals surface area contributed by atoms with Crippen molar-refractivity contribution >= 4 is 45.0 Å². The van der Waals surface area contributed by atoms with E-state index < -0.39 is 0 Å². The summed E-state index contributed by atoms with van der Waals surface area (Å²) in [5.41, 5.74) is 2.24. The van der Waals surface area contributed by atoms with Gasteiger partial charge in [0, 0.05) is 20.1 Å². The standard InChI is InChI=1S/C15H15BrClNS/c1-10(12-8-7-11(16)9-13(12)17)18-14-5-3-4-6-15(14)19-2/h3-10,18H,1-2H3. The molecule has 2 aromatic rings. The van der Waals surface area contributed by atoms with Gasteiger partial charge in [-0.2, -0.15) is 0 Å². The quantitative estimate of drug-likeness (QED) is 0.674. The van der Waals surface area contributed by atoms with Gasteiger partial charge in [0.2, 0.25) is 0 Å². The van der Waals surface area contributed by atoms with E-state index in [1.54, 1.807) is 11.8 Å². The second-order valence-electron chi connectivity index (χ2n) is 4.23. The van der Waals surface area contributed by atoms with Crippen LogP contribution in [0.3, 0.4) is 0 Å². The molecule has 0 saturated heterocycles. The van der Waals surface area contributed by atoms with E-state index in [2.05, 4.69) is 46.6 Å². The Kier molecular flexibility index (Phi) is 5.20. The van der Waals surface area contributed by atoms with Crippen molar-refractivity contribution in [3.8, 4) is 0 Å². The number of benzene rings is 2. The molecule has 2 aromatic carbocycles. The number of rotatable bonds is 4. The molecule has 0 radical (unpaired) electrons. The van der Waals surface area contributed by atoms with E-state index >= 15 is 0 Å². The number of hydrogen-bond donors (Lipinski definition) is 1. The van der Waals surface area contributed by atoms with E-state index in [1.807, 2.05) is 30.3 Å². The molecular formula is C15H15BrClNS. The van der Waals surface area contributed by atoms with Gasteiger partial charge >= 0.3 is 0 Å². The van der Waals surface area contributed by atoms with Crippen molar-refractivity contribution in [2.45, 2.75) is 17.9 Å². The lowest BCUT2D eigenvalue weighted by atomic mass is 10.1. The van der Waals surface area contributed by atoms with Gasteiger partial charge in [0.05, 0.1) is 6.04 Å². The molecule has 100 valence electrons. The minimum Gasteiger partial charge on any atom is -0.378 e. The van der Waals surface area contributed by atoms with Crippen LogP contribution in [0.2, 0.25) is 5.02 Å². The minimum absolute atomic E-state index is 0.161. The van der Waals surface area contributed by atoms with E-state index in [0.717, 1.165) is 20.7 Å². The topological polar surface area (TPSA) is 12.0 Å². The summed E-state index contributed by atoms with van der Waals surface area (Å²) in [5, 5.41) is 4.29. The summed E-state index contributed by atoms with van der Waals surface area (Å²) in [5.74, 6) is 0. The van der Waals surface area contributed by atoms with E-state index in [9.17, 15) is 0 Å². The predicted molar refractivity (Wildman–Crippen MR) is 89.4 cm³/mol. The summed E-state index contributed by atoms with van der Waals surface area (Å²) in [6.45, 7) is 2.12. The third-order valence-corrected chi connectivity index (χ3v) is 4.52. The van der Waals surface area contributed by atoms with E-state index in [-0.39, 0.29) is 6.04 Å². The summed E-state index contributed by atoms with van der Waals surface area (Å²) < 4.78 is 0.998. The molecule has 0 saturated carbocycles. The van der Waals surface area contributed by atoms with Crippen LogP contribution in [-0.4, -0.2) is 6.26 Å². The third kappa shape index (κ3) is 3.68. The first kappa shape index (κ1) is 14.8. The minimum atomic E-state index is 0.161. The number of thioether (sulfide) groups is 1. The van der Waals surface area contributed by atoms with Gasteiger partial charge in [-0.25, -0.2) is 0 Å². The maximum atomic E-state index is 6.29. The van der Waals surface area contributed by atoms with Crippen molar-refractivity contribution in [1.29, 1.82) is 0 Å². The second-order valence-corrected chi connectivity index (χ2v) is 6.40. The van der Waals surface area contributed by atoms with Crippen LogP contribution >= 0.6 is 39.3 Å². The summed E-state index contributed by atoms with van der Waals surface area (Å²) in [4.78, 5) is 1.24. The molecule has 0 fully saturated rings. The first-order valence-corrected chi connectivity index (χ1v) is 8.36. The highest BCUT2D eigenvalue weighted by atomic mass is 79.9. The Hall–Kier alpha value is -0.640. The summed E-state index contributed by atoms with van der Waals surface area (Å²) in [6.07, 6.45) is 2.08. The molecule has 1 unspecified atom stereocenters. The monoisotopic (exact) mass is 355 g/mol. The summed E-state index contributed by atoms with van der Waals surface area (Å²) >= 11 is 11.5. The lowest BCUT2D eigenvalue weighted by molar-refractivity contribution is 0.879. The van der Waals surface area contributed by atoms with Crippen LogP contribution in [0.1, 0.15) is 18.5 Å². The smallest absolute Gasteiger partial charge is 0.0500 e. The Bertz CT molecular complexity index is 574. The Morgan fingerprint density at radius 1 is 1.21 bits per heavy atom. The van der Waals surface area contributed by atoms with Crippen LogP contribution in [0.25, 0.3) is 0 Å². The van der Waals surface area contributed by atoms with Crippen molar-refractivity contribution in [2.24, 2.45) is 0 Å². The van der Waals surface area contributed by atoms with Gasteiger partial charge in [-0.3, -0.25) is 0 Å². The van der Waals surface area contributed by atoms with Crippen molar-refractivity contribution in [1.82, 2.24) is 0 Å². The molecule has 1 nitrogen and oxygen atoms in total. The predicted octanol–water partition coefficient (Wildman–Crippen LogP) is 6.00. The fraction of sp³-hybridized carbons (Fsp3) is 0.200. The van der Waals surface area contributed by atoms with Crippen LogP contribution in [0.15, 0.2) is 51.8 Å². The molecule has 0 aliphatic heterocycles. The van der Waals surface area contributed by atoms with E-state index in [1.165, 1.54) is 4.90 Å². The van der Waals surface area contributed by atoms with Crippen LogP contribution in [-0.2, 0) is 0 Å². The third-order valence-electron chi connectivity index (χ3n) is 2.91. The lowest BCUT2D eigenvalue weighted by Gasteiger charge is -2.19. The largest absolute Gasteiger partial charge is 0.378 e. The average Bonchev–Trinajstić information content (AvgIpc) is 2.39. The van der Waals surface area contributed by atoms with E-state index in [0.29, 0.717) is 0 Å². The molecule has 0 aromatic heterocycles. The van der Waals surface area contributed by atoms with Crippen LogP contribution < -0.4 is 5.32 Å². The van der Waals surface area contributed by atoms with Gasteiger partial charge in [0.1, 0.15) is 0 Å². The Morgan fingerprint density at radius 3 is 2.63 bits per heavy atom. The number of halogens is 2. The molecule has 0 aliphatic carbocycles. The zero-order valence-corrected chi connectivity index (χ0v) is 13.9. The number of hydrogen-bond acceptors (Lipinski definition) is 2. The molecule has 2 rings (SSSR count). The maximum absolute atomic E-state index is 6.29. The van der Waals surface area contributed by atoms with Crippen LogP contribution in [0, 0.1) is 0 Å². The van der Waals surface area contributed by atoms with Crippen molar-refractivity contribution in [3.63, 3.8) is 0 Å². The molecular weight excluding hydrogens is 342 g/mol. The van der Waals surface area contributed by atoms with Crippen molar-refractivity contribution < 1.29 is 0 Å².